The van der Waals surface area contributed by atoms with E-state index in [-0.39, 0.29) is 36.2 Å². The molecule has 6 heteroatoms. The molecule has 0 aromatic heterocycles. The quantitative estimate of drug-likeness (QED) is 0.0954. The number of carbonyl (C=O) groups excluding carboxylic acids is 3. The molecule has 0 radical (unpaired) electrons. The van der Waals surface area contributed by atoms with E-state index in [0.717, 1.165) is 6.42 Å². The van der Waals surface area contributed by atoms with E-state index >= 15 is 0 Å². The molecule has 208 valence electrons. The van der Waals surface area contributed by atoms with E-state index in [1.54, 1.807) is 0 Å². The number of unbranched alkanes of at least 4 members (excludes halogenated alkanes) is 11. The Morgan fingerprint density at radius 1 is 0.429 bits per heavy atom. The number of hydrogen-bond acceptors (Lipinski definition) is 6. The summed E-state index contributed by atoms with van der Waals surface area (Å²) in [6, 6.07) is 0. The second-order valence-corrected chi connectivity index (χ2v) is 10.1. The predicted octanol–water partition coefficient (Wildman–Crippen LogP) is 8.09. The van der Waals surface area contributed by atoms with Crippen molar-refractivity contribution < 1.29 is 28.6 Å². The third-order valence-electron chi connectivity index (χ3n) is 5.10. The van der Waals surface area contributed by atoms with Crippen molar-refractivity contribution in [2.75, 3.05) is 0 Å². The van der Waals surface area contributed by atoms with Gasteiger partial charge >= 0.3 is 17.9 Å². The third-order valence-corrected chi connectivity index (χ3v) is 5.10. The van der Waals surface area contributed by atoms with Crippen molar-refractivity contribution in [3.05, 3.63) is 0 Å². The molecule has 0 aliphatic rings. The van der Waals surface area contributed by atoms with Gasteiger partial charge in [0.25, 0.3) is 0 Å². The van der Waals surface area contributed by atoms with Crippen LogP contribution in [0.5, 0.6) is 0 Å². The van der Waals surface area contributed by atoms with Crippen LogP contribution in [0.25, 0.3) is 0 Å². The molecular formula is C29H56O6. The van der Waals surface area contributed by atoms with E-state index in [2.05, 4.69) is 6.92 Å². The van der Waals surface area contributed by atoms with Gasteiger partial charge in [-0.1, -0.05) is 71.1 Å². The van der Waals surface area contributed by atoms with E-state index in [1.807, 2.05) is 41.5 Å². The molecule has 0 saturated carbocycles. The number of ether oxygens (including phenoxy) is 3. The molecule has 0 N–H and O–H groups in total. The van der Waals surface area contributed by atoms with Crippen molar-refractivity contribution >= 4 is 17.9 Å². The second-order valence-electron chi connectivity index (χ2n) is 10.1. The molecule has 35 heavy (non-hydrogen) atoms. The number of hydrogen-bond donors (Lipinski definition) is 0. The van der Waals surface area contributed by atoms with Gasteiger partial charge in [0, 0.05) is 19.3 Å². The Balaban J connectivity index is 0. The summed E-state index contributed by atoms with van der Waals surface area (Å²) < 4.78 is 15.0. The van der Waals surface area contributed by atoms with Gasteiger partial charge in [0.2, 0.25) is 0 Å². The van der Waals surface area contributed by atoms with Crippen molar-refractivity contribution in [2.45, 2.75) is 170 Å². The Kier molecular flexibility index (Phi) is 25.9. The average molecular weight is 501 g/mol. The van der Waals surface area contributed by atoms with Gasteiger partial charge < -0.3 is 14.2 Å². The highest BCUT2D eigenvalue weighted by atomic mass is 16.5. The lowest BCUT2D eigenvalue weighted by Crippen LogP contribution is -2.12. The summed E-state index contributed by atoms with van der Waals surface area (Å²) >= 11 is 0. The van der Waals surface area contributed by atoms with E-state index in [9.17, 15) is 14.4 Å². The summed E-state index contributed by atoms with van der Waals surface area (Å²) in [7, 11) is 0. The van der Waals surface area contributed by atoms with Crippen LogP contribution in [-0.2, 0) is 28.6 Å². The Morgan fingerprint density at radius 2 is 0.657 bits per heavy atom. The first-order valence-electron chi connectivity index (χ1n) is 14.2. The molecule has 0 unspecified atom stereocenters. The van der Waals surface area contributed by atoms with Crippen LogP contribution in [0.2, 0.25) is 0 Å². The highest BCUT2D eigenvalue weighted by Gasteiger charge is 2.08. The summed E-state index contributed by atoms with van der Waals surface area (Å²) in [6.07, 6.45) is 17.0. The minimum absolute atomic E-state index is 0.0280. The number of carbonyl (C=O) groups is 3. The average Bonchev–Trinajstić information content (AvgIpc) is 2.74. The van der Waals surface area contributed by atoms with Gasteiger partial charge in [-0.15, -0.1) is 0 Å². The van der Waals surface area contributed by atoms with Crippen LogP contribution in [0, 0.1) is 0 Å². The molecule has 0 aliphatic heterocycles. The van der Waals surface area contributed by atoms with Crippen molar-refractivity contribution in [1.29, 1.82) is 0 Å². The Morgan fingerprint density at radius 3 is 0.914 bits per heavy atom. The van der Waals surface area contributed by atoms with Crippen molar-refractivity contribution in [3.8, 4) is 0 Å². The summed E-state index contributed by atoms with van der Waals surface area (Å²) in [5.74, 6) is -0.439. The van der Waals surface area contributed by atoms with Crippen LogP contribution in [0.1, 0.15) is 151 Å². The minimum atomic E-state index is -0.202. The molecule has 0 aromatic rings. The SMILES string of the molecule is CC(C)OC(=O)CCCCC(=O)OC(C)C.CCCCCCCCCCCCCC(=O)OC(C)C. The maximum absolute atomic E-state index is 11.3. The Labute approximate surface area is 216 Å². The monoisotopic (exact) mass is 500 g/mol. The van der Waals surface area contributed by atoms with Crippen LogP contribution in [0.15, 0.2) is 0 Å². The van der Waals surface area contributed by atoms with E-state index in [0.29, 0.717) is 32.1 Å². The lowest BCUT2D eigenvalue weighted by molar-refractivity contribution is -0.149. The van der Waals surface area contributed by atoms with Crippen molar-refractivity contribution in [3.63, 3.8) is 0 Å². The van der Waals surface area contributed by atoms with Gasteiger partial charge in [-0.2, -0.15) is 0 Å². The Bertz CT molecular complexity index is 489. The molecule has 0 bridgehead atoms. The molecule has 0 atom stereocenters. The molecular weight excluding hydrogens is 444 g/mol. The fourth-order valence-corrected chi connectivity index (χ4v) is 3.44. The summed E-state index contributed by atoms with van der Waals surface area (Å²) in [4.78, 5) is 33.6. The zero-order chi connectivity index (χ0) is 26.9. The van der Waals surface area contributed by atoms with E-state index < -0.39 is 0 Å². The first-order chi connectivity index (χ1) is 16.6. The summed E-state index contributed by atoms with van der Waals surface area (Å²) in [6.45, 7) is 13.3. The lowest BCUT2D eigenvalue weighted by Gasteiger charge is -2.08. The highest BCUT2D eigenvalue weighted by Crippen LogP contribution is 2.12. The molecule has 0 heterocycles. The second kappa shape index (κ2) is 25.5. The van der Waals surface area contributed by atoms with Crippen LogP contribution < -0.4 is 0 Å². The molecule has 0 aromatic carbocycles. The maximum atomic E-state index is 11.3. The van der Waals surface area contributed by atoms with Crippen LogP contribution >= 0.6 is 0 Å². The van der Waals surface area contributed by atoms with Gasteiger partial charge in [0.15, 0.2) is 0 Å². The Hall–Kier alpha value is -1.59. The zero-order valence-corrected chi connectivity index (χ0v) is 24.0. The van der Waals surface area contributed by atoms with Gasteiger partial charge in [-0.05, 0) is 60.8 Å². The van der Waals surface area contributed by atoms with Crippen molar-refractivity contribution in [1.82, 2.24) is 0 Å². The molecule has 0 aliphatic carbocycles. The molecule has 6 nitrogen and oxygen atoms in total. The predicted molar refractivity (Wildman–Crippen MR) is 143 cm³/mol. The van der Waals surface area contributed by atoms with Gasteiger partial charge in [-0.3, -0.25) is 14.4 Å². The number of esters is 3. The van der Waals surface area contributed by atoms with E-state index in [1.165, 1.54) is 64.2 Å². The fraction of sp³-hybridized carbons (Fsp3) is 0.897. The highest BCUT2D eigenvalue weighted by molar-refractivity contribution is 5.70. The largest absolute Gasteiger partial charge is 0.463 e. The van der Waals surface area contributed by atoms with Crippen LogP contribution in [-0.4, -0.2) is 36.2 Å². The minimum Gasteiger partial charge on any atom is -0.463 e. The molecule has 0 fully saturated rings. The molecule has 0 rings (SSSR count). The summed E-state index contributed by atoms with van der Waals surface area (Å²) in [5, 5.41) is 0. The molecule has 0 saturated heterocycles. The smallest absolute Gasteiger partial charge is 0.306 e. The topological polar surface area (TPSA) is 78.9 Å². The normalized spacial score (nSPS) is 10.8. The lowest BCUT2D eigenvalue weighted by atomic mass is 10.1. The zero-order valence-electron chi connectivity index (χ0n) is 24.0. The van der Waals surface area contributed by atoms with Crippen LogP contribution in [0.4, 0.5) is 0 Å². The standard InChI is InChI=1S/C17H34O2.C12H22O4/c1-4-5-6-7-8-9-10-11-12-13-14-15-17(18)19-16(2)3;1-9(2)15-11(13)7-5-6-8-12(14)16-10(3)4/h16H,4-15H2,1-3H3;9-10H,5-8H2,1-4H3. The van der Waals surface area contributed by atoms with Gasteiger partial charge in [-0.25, -0.2) is 0 Å². The molecule has 0 spiro atoms. The third kappa shape index (κ3) is 32.4. The van der Waals surface area contributed by atoms with E-state index in [4.69, 9.17) is 14.2 Å². The van der Waals surface area contributed by atoms with Crippen molar-refractivity contribution in [2.24, 2.45) is 0 Å². The fourth-order valence-electron chi connectivity index (χ4n) is 3.44. The van der Waals surface area contributed by atoms with Crippen LogP contribution in [0.3, 0.4) is 0 Å². The van der Waals surface area contributed by atoms with Gasteiger partial charge in [0.05, 0.1) is 18.3 Å². The first kappa shape index (κ1) is 35.6. The van der Waals surface area contributed by atoms with Gasteiger partial charge in [0.1, 0.15) is 0 Å². The maximum Gasteiger partial charge on any atom is 0.306 e. The number of rotatable bonds is 20. The molecule has 0 amide bonds. The summed E-state index contributed by atoms with van der Waals surface area (Å²) in [5.41, 5.74) is 0. The first-order valence-corrected chi connectivity index (χ1v) is 14.2.